The molecular weight excluding hydrogens is 371 g/mol. The highest BCUT2D eigenvalue weighted by atomic mass is 19.1. The third-order valence-electron chi connectivity index (χ3n) is 4.89. The van der Waals surface area contributed by atoms with E-state index in [1.165, 1.54) is 5.56 Å². The Bertz CT molecular complexity index is 992. The maximum Gasteiger partial charge on any atom is 0.347 e. The van der Waals surface area contributed by atoms with Crippen LogP contribution in [0.15, 0.2) is 51.7 Å². The van der Waals surface area contributed by atoms with Gasteiger partial charge in [0.25, 0.3) is 0 Å². The molecule has 0 radical (unpaired) electrons. The number of rotatable bonds is 10. The molecule has 5 heteroatoms. The first-order valence-corrected chi connectivity index (χ1v) is 10.1. The average Bonchev–Trinajstić information content (AvgIpc) is 2.73. The van der Waals surface area contributed by atoms with Gasteiger partial charge < -0.3 is 13.9 Å². The summed E-state index contributed by atoms with van der Waals surface area (Å²) in [5, 5.41) is 0.428. The van der Waals surface area contributed by atoms with Gasteiger partial charge in [0.05, 0.1) is 6.61 Å². The van der Waals surface area contributed by atoms with Crippen molar-refractivity contribution < 1.29 is 18.3 Å². The van der Waals surface area contributed by atoms with Crippen LogP contribution in [-0.4, -0.2) is 20.3 Å². The van der Waals surface area contributed by atoms with E-state index in [1.54, 1.807) is 25.3 Å². The van der Waals surface area contributed by atoms with Crippen LogP contribution in [0.3, 0.4) is 0 Å². The van der Waals surface area contributed by atoms with Crippen molar-refractivity contribution in [2.45, 2.75) is 39.0 Å². The van der Waals surface area contributed by atoms with E-state index in [9.17, 15) is 9.18 Å². The molecule has 0 fully saturated rings. The summed E-state index contributed by atoms with van der Waals surface area (Å²) in [6, 6.07) is 12.8. The predicted octanol–water partition coefficient (Wildman–Crippen LogP) is 5.75. The quantitative estimate of drug-likeness (QED) is 0.408. The molecule has 4 nitrogen and oxygen atoms in total. The summed E-state index contributed by atoms with van der Waals surface area (Å²) in [4.78, 5) is 12.5. The molecule has 1 heterocycles. The molecule has 0 aliphatic rings. The zero-order valence-corrected chi connectivity index (χ0v) is 17.0. The lowest BCUT2D eigenvalue weighted by Crippen LogP contribution is -2.06. The van der Waals surface area contributed by atoms with Gasteiger partial charge in [-0.3, -0.25) is 0 Å². The number of benzene rings is 2. The summed E-state index contributed by atoms with van der Waals surface area (Å²) in [6.07, 6.45) is 4.80. The van der Waals surface area contributed by atoms with Crippen molar-refractivity contribution in [1.29, 1.82) is 0 Å². The number of methoxy groups -OCH3 is 1. The third-order valence-corrected chi connectivity index (χ3v) is 4.89. The lowest BCUT2D eigenvalue weighted by molar-refractivity contribution is 0.195. The lowest BCUT2D eigenvalue weighted by Gasteiger charge is -2.09. The Morgan fingerprint density at radius 1 is 1.00 bits per heavy atom. The monoisotopic (exact) mass is 398 g/mol. The second-order valence-corrected chi connectivity index (χ2v) is 7.09. The zero-order valence-electron chi connectivity index (χ0n) is 17.0. The molecule has 3 aromatic rings. The van der Waals surface area contributed by atoms with Crippen LogP contribution in [0.2, 0.25) is 0 Å². The van der Waals surface area contributed by atoms with Gasteiger partial charge in [-0.15, -0.1) is 0 Å². The molecule has 0 saturated heterocycles. The highest BCUT2D eigenvalue weighted by molar-refractivity contribution is 5.86. The standard InChI is InChI=1S/C24H27FO4/c1-3-4-5-15-28-20-13-12-19-16-21(29-24(26)22(19)23(20)25)18-10-8-17(9-11-18)7-6-14-27-2/h8-13,16H,3-7,14-15H2,1-2H3. The first kappa shape index (κ1) is 21.1. The van der Waals surface area contributed by atoms with E-state index in [-0.39, 0.29) is 11.1 Å². The number of unbranched alkanes of at least 4 members (excludes halogenated alkanes) is 2. The number of hydrogen-bond acceptors (Lipinski definition) is 4. The van der Waals surface area contributed by atoms with Gasteiger partial charge in [0.15, 0.2) is 11.6 Å². The van der Waals surface area contributed by atoms with Crippen LogP contribution < -0.4 is 10.4 Å². The largest absolute Gasteiger partial charge is 0.490 e. The topological polar surface area (TPSA) is 48.7 Å². The van der Waals surface area contributed by atoms with Gasteiger partial charge >= 0.3 is 5.63 Å². The maximum absolute atomic E-state index is 14.8. The minimum atomic E-state index is -0.696. The van der Waals surface area contributed by atoms with Crippen LogP contribution in [0, 0.1) is 5.82 Å². The minimum absolute atomic E-state index is 0.0714. The number of aryl methyl sites for hydroxylation is 1. The van der Waals surface area contributed by atoms with Crippen molar-refractivity contribution in [3.05, 3.63) is 64.3 Å². The van der Waals surface area contributed by atoms with Crippen LogP contribution in [0.4, 0.5) is 4.39 Å². The first-order valence-electron chi connectivity index (χ1n) is 10.1. The van der Waals surface area contributed by atoms with Gasteiger partial charge in [-0.25, -0.2) is 9.18 Å². The normalized spacial score (nSPS) is 11.1. The van der Waals surface area contributed by atoms with E-state index in [2.05, 4.69) is 6.92 Å². The molecule has 2 aromatic carbocycles. The van der Waals surface area contributed by atoms with Crippen molar-refractivity contribution in [2.24, 2.45) is 0 Å². The predicted molar refractivity (Wildman–Crippen MR) is 113 cm³/mol. The van der Waals surface area contributed by atoms with Crippen LogP contribution in [0.5, 0.6) is 5.75 Å². The number of ether oxygens (including phenoxy) is 2. The molecule has 1 aromatic heterocycles. The highest BCUT2D eigenvalue weighted by Crippen LogP contribution is 2.28. The summed E-state index contributed by atoms with van der Waals surface area (Å²) < 4.78 is 30.8. The molecular formula is C24H27FO4. The Morgan fingerprint density at radius 3 is 2.52 bits per heavy atom. The summed E-state index contributed by atoms with van der Waals surface area (Å²) in [5.41, 5.74) is 1.27. The minimum Gasteiger partial charge on any atom is -0.490 e. The van der Waals surface area contributed by atoms with E-state index >= 15 is 0 Å². The van der Waals surface area contributed by atoms with Gasteiger partial charge in [0.2, 0.25) is 0 Å². The van der Waals surface area contributed by atoms with Gasteiger partial charge in [0.1, 0.15) is 11.1 Å². The fourth-order valence-electron chi connectivity index (χ4n) is 3.27. The highest BCUT2D eigenvalue weighted by Gasteiger charge is 2.15. The molecule has 0 saturated carbocycles. The summed E-state index contributed by atoms with van der Waals surface area (Å²) in [5.74, 6) is -0.149. The Hall–Kier alpha value is -2.66. The molecule has 0 bridgehead atoms. The molecule has 29 heavy (non-hydrogen) atoms. The van der Waals surface area contributed by atoms with Crippen molar-refractivity contribution in [3.8, 4) is 17.1 Å². The van der Waals surface area contributed by atoms with Crippen LogP contribution in [0.25, 0.3) is 22.1 Å². The van der Waals surface area contributed by atoms with Crippen molar-refractivity contribution in [3.63, 3.8) is 0 Å². The Morgan fingerprint density at radius 2 is 1.79 bits per heavy atom. The molecule has 0 atom stereocenters. The van der Waals surface area contributed by atoms with E-state index in [0.29, 0.717) is 17.8 Å². The molecule has 154 valence electrons. The van der Waals surface area contributed by atoms with E-state index in [0.717, 1.165) is 44.3 Å². The maximum atomic E-state index is 14.8. The summed E-state index contributed by atoms with van der Waals surface area (Å²) in [6.45, 7) is 3.24. The Kier molecular flexibility index (Phi) is 7.42. The fourth-order valence-corrected chi connectivity index (χ4v) is 3.27. The van der Waals surface area contributed by atoms with Crippen molar-refractivity contribution >= 4 is 10.8 Å². The second kappa shape index (κ2) is 10.2. The number of hydrogen-bond donors (Lipinski definition) is 0. The van der Waals surface area contributed by atoms with Crippen LogP contribution in [0.1, 0.15) is 38.2 Å². The van der Waals surface area contributed by atoms with E-state index < -0.39 is 11.4 Å². The molecule has 3 rings (SSSR count). The molecule has 0 amide bonds. The van der Waals surface area contributed by atoms with Crippen molar-refractivity contribution in [2.75, 3.05) is 20.3 Å². The van der Waals surface area contributed by atoms with Gasteiger partial charge in [-0.05, 0) is 42.3 Å². The SMILES string of the molecule is CCCCCOc1ccc2cc(-c3ccc(CCCOC)cc3)oc(=O)c2c1F. The smallest absolute Gasteiger partial charge is 0.347 e. The number of fused-ring (bicyclic) bond motifs is 1. The van der Waals surface area contributed by atoms with E-state index in [1.807, 2.05) is 24.3 Å². The number of halogens is 1. The molecule has 0 unspecified atom stereocenters. The molecule has 0 N–H and O–H groups in total. The second-order valence-electron chi connectivity index (χ2n) is 7.09. The van der Waals surface area contributed by atoms with Crippen LogP contribution in [-0.2, 0) is 11.2 Å². The molecule has 0 aliphatic carbocycles. The Labute approximate surface area is 170 Å². The van der Waals surface area contributed by atoms with Crippen molar-refractivity contribution in [1.82, 2.24) is 0 Å². The lowest BCUT2D eigenvalue weighted by atomic mass is 10.0. The van der Waals surface area contributed by atoms with Gasteiger partial charge in [-0.1, -0.05) is 50.1 Å². The fraction of sp³-hybridized carbons (Fsp3) is 0.375. The average molecular weight is 398 g/mol. The summed E-state index contributed by atoms with van der Waals surface area (Å²) in [7, 11) is 1.69. The zero-order chi connectivity index (χ0) is 20.6. The van der Waals surface area contributed by atoms with Crippen LogP contribution >= 0.6 is 0 Å². The van der Waals surface area contributed by atoms with Gasteiger partial charge in [0, 0.05) is 19.3 Å². The first-order chi connectivity index (χ1) is 14.1. The Balaban J connectivity index is 1.83. The summed E-state index contributed by atoms with van der Waals surface area (Å²) >= 11 is 0. The third kappa shape index (κ3) is 5.24. The molecule has 0 spiro atoms. The van der Waals surface area contributed by atoms with Gasteiger partial charge in [-0.2, -0.15) is 0 Å². The molecule has 0 aliphatic heterocycles. The van der Waals surface area contributed by atoms with E-state index in [4.69, 9.17) is 13.9 Å².